The van der Waals surface area contributed by atoms with Crippen LogP contribution in [0.4, 0.5) is 17.3 Å². The number of halogens is 1. The van der Waals surface area contributed by atoms with Crippen LogP contribution in [0.25, 0.3) is 5.65 Å². The van der Waals surface area contributed by atoms with Crippen molar-refractivity contribution in [2.75, 3.05) is 66.6 Å². The lowest BCUT2D eigenvalue weighted by atomic mass is 9.98. The van der Waals surface area contributed by atoms with Crippen molar-refractivity contribution in [2.45, 2.75) is 31.4 Å². The lowest BCUT2D eigenvalue weighted by molar-refractivity contribution is 0.0607. The van der Waals surface area contributed by atoms with Crippen LogP contribution in [0.3, 0.4) is 0 Å². The van der Waals surface area contributed by atoms with Crippen molar-refractivity contribution in [1.29, 1.82) is 0 Å². The third kappa shape index (κ3) is 5.42. The summed E-state index contributed by atoms with van der Waals surface area (Å²) in [5.41, 5.74) is 1.81. The minimum atomic E-state index is -3.60. The highest BCUT2D eigenvalue weighted by Crippen LogP contribution is 2.35. The lowest BCUT2D eigenvalue weighted by Crippen LogP contribution is -2.51. The maximum atomic E-state index is 13.9. The Morgan fingerprint density at radius 2 is 1.88 bits per heavy atom. The average molecular weight is 589 g/mol. The summed E-state index contributed by atoms with van der Waals surface area (Å²) in [5.74, 6) is 1.42. The molecule has 1 aromatic carbocycles. The summed E-state index contributed by atoms with van der Waals surface area (Å²) >= 11 is 6.23. The van der Waals surface area contributed by atoms with E-state index >= 15 is 0 Å². The fourth-order valence-electron chi connectivity index (χ4n) is 5.67. The first kappa shape index (κ1) is 27.1. The number of fused-ring (bicyclic) bond motifs is 1. The van der Waals surface area contributed by atoms with Crippen LogP contribution in [-0.2, 0) is 10.0 Å². The van der Waals surface area contributed by atoms with E-state index in [0.717, 1.165) is 69.0 Å². The Morgan fingerprint density at radius 3 is 2.60 bits per heavy atom. The molecule has 14 heteroatoms. The Balaban J connectivity index is 1.38. The molecule has 3 aliphatic rings. The minimum Gasteiger partial charge on any atom is -0.389 e. The summed E-state index contributed by atoms with van der Waals surface area (Å²) in [6.45, 7) is 4.98. The van der Waals surface area contributed by atoms with Crippen LogP contribution in [-0.4, -0.2) is 97.1 Å². The first-order chi connectivity index (χ1) is 19.2. The van der Waals surface area contributed by atoms with Gasteiger partial charge in [-0.2, -0.15) is 9.61 Å². The first-order valence-corrected chi connectivity index (χ1v) is 15.8. The molecule has 0 radical (unpaired) electrons. The van der Waals surface area contributed by atoms with Gasteiger partial charge in [-0.3, -0.25) is 9.52 Å². The number of amides is 1. The lowest BCUT2D eigenvalue weighted by Gasteiger charge is -2.37. The number of piperazine rings is 1. The first-order valence-electron chi connectivity index (χ1n) is 13.5. The number of hydrogen-bond donors (Lipinski definition) is 3. The van der Waals surface area contributed by atoms with Crippen LogP contribution in [0, 0.1) is 0 Å². The molecular formula is C26H33ClN8O4S. The zero-order valence-electron chi connectivity index (χ0n) is 22.3. The predicted molar refractivity (Wildman–Crippen MR) is 154 cm³/mol. The van der Waals surface area contributed by atoms with Gasteiger partial charge in [0.25, 0.3) is 5.91 Å². The molecule has 3 aliphatic heterocycles. The summed E-state index contributed by atoms with van der Waals surface area (Å²) in [5, 5.41) is 18.6. The molecule has 40 heavy (non-hydrogen) atoms. The smallest absolute Gasteiger partial charge is 0.256 e. The van der Waals surface area contributed by atoms with Gasteiger partial charge >= 0.3 is 0 Å². The van der Waals surface area contributed by atoms with Crippen LogP contribution >= 0.6 is 11.6 Å². The number of benzene rings is 1. The molecule has 0 spiro atoms. The zero-order chi connectivity index (χ0) is 28.0. The van der Waals surface area contributed by atoms with Crippen molar-refractivity contribution in [3.05, 3.63) is 46.6 Å². The van der Waals surface area contributed by atoms with Gasteiger partial charge in [0.2, 0.25) is 10.0 Å². The van der Waals surface area contributed by atoms with E-state index in [1.54, 1.807) is 11.0 Å². The topological polar surface area (TPSA) is 135 Å². The third-order valence-corrected chi connectivity index (χ3v) is 8.48. The Morgan fingerprint density at radius 1 is 1.10 bits per heavy atom. The van der Waals surface area contributed by atoms with Crippen molar-refractivity contribution in [3.8, 4) is 0 Å². The second kappa shape index (κ2) is 10.7. The van der Waals surface area contributed by atoms with Crippen LogP contribution in [0.1, 0.15) is 41.4 Å². The number of piperidine rings is 1. The Labute approximate surface area is 238 Å². The van der Waals surface area contributed by atoms with Crippen LogP contribution < -0.4 is 19.8 Å². The maximum absolute atomic E-state index is 13.9. The van der Waals surface area contributed by atoms with Gasteiger partial charge in [-0.05, 0) is 37.5 Å². The number of aliphatic hydroxyl groups excluding tert-OH is 1. The van der Waals surface area contributed by atoms with Gasteiger partial charge in [0.05, 0.1) is 35.3 Å². The summed E-state index contributed by atoms with van der Waals surface area (Å²) in [4.78, 5) is 24.9. The molecule has 5 heterocycles. The molecule has 214 valence electrons. The van der Waals surface area contributed by atoms with Gasteiger partial charge in [-0.1, -0.05) is 11.6 Å². The fourth-order valence-corrected chi connectivity index (χ4v) is 6.42. The number of anilines is 3. The van der Waals surface area contributed by atoms with Gasteiger partial charge in [-0.15, -0.1) is 0 Å². The van der Waals surface area contributed by atoms with E-state index < -0.39 is 10.0 Å². The van der Waals surface area contributed by atoms with Crippen LogP contribution in [0.2, 0.25) is 5.02 Å². The SMILES string of the molecule is CS(=O)(=O)Nc1ccc(Cl)cc1C(=O)N1CCCCC1c1cc2nc(N3CC(O)C3)cc(N3CCNCC3)n2n1. The summed E-state index contributed by atoms with van der Waals surface area (Å²) < 4.78 is 28.3. The molecule has 1 unspecified atom stereocenters. The second-order valence-corrected chi connectivity index (χ2v) is 12.9. The monoisotopic (exact) mass is 588 g/mol. The molecule has 1 amide bonds. The number of nitrogens with one attached hydrogen (secondary N) is 2. The Kier molecular flexibility index (Phi) is 7.23. The van der Waals surface area contributed by atoms with Crippen LogP contribution in [0.5, 0.6) is 0 Å². The highest BCUT2D eigenvalue weighted by atomic mass is 35.5. The Bertz CT molecular complexity index is 1530. The molecule has 3 N–H and O–H groups in total. The summed E-state index contributed by atoms with van der Waals surface area (Å²) in [6.07, 6.45) is 3.18. The standard InChI is InChI=1S/C26H33ClN8O4S/c1-40(38,39)31-20-6-5-17(27)12-19(20)26(37)34-9-3-2-4-22(34)21-13-24-29-23(33-15-18(36)16-33)14-25(35(24)30-21)32-10-7-28-8-11-32/h5-6,12-14,18,22,28,31,36H,2-4,7-11,15-16H2,1H3. The molecule has 1 atom stereocenters. The molecule has 0 bridgehead atoms. The molecule has 12 nitrogen and oxygen atoms in total. The maximum Gasteiger partial charge on any atom is 0.256 e. The number of hydrogen-bond acceptors (Lipinski definition) is 9. The molecule has 3 aromatic rings. The summed E-state index contributed by atoms with van der Waals surface area (Å²) in [7, 11) is -3.60. The van der Waals surface area contributed by atoms with Gasteiger partial charge in [0.15, 0.2) is 5.65 Å². The normalized spacial score (nSPS) is 20.6. The molecule has 3 saturated heterocycles. The van der Waals surface area contributed by atoms with Crippen molar-refractivity contribution >= 4 is 50.5 Å². The van der Waals surface area contributed by atoms with Gasteiger partial charge < -0.3 is 25.1 Å². The number of rotatable bonds is 6. The van der Waals surface area contributed by atoms with Gasteiger partial charge in [-0.25, -0.2) is 13.4 Å². The third-order valence-electron chi connectivity index (χ3n) is 7.65. The van der Waals surface area contributed by atoms with Crippen LogP contribution in [0.15, 0.2) is 30.3 Å². The molecule has 0 saturated carbocycles. The number of nitrogens with zero attached hydrogens (tertiary/aromatic N) is 6. The van der Waals surface area contributed by atoms with E-state index in [-0.39, 0.29) is 29.3 Å². The number of aromatic nitrogens is 3. The second-order valence-electron chi connectivity index (χ2n) is 10.7. The van der Waals surface area contributed by atoms with E-state index in [9.17, 15) is 18.3 Å². The van der Waals surface area contributed by atoms with E-state index in [1.165, 1.54) is 12.1 Å². The summed E-state index contributed by atoms with van der Waals surface area (Å²) in [6, 6.07) is 8.23. The number of carbonyl (C=O) groups is 1. The highest BCUT2D eigenvalue weighted by Gasteiger charge is 2.33. The predicted octanol–water partition coefficient (Wildman–Crippen LogP) is 1.71. The molecular weight excluding hydrogens is 556 g/mol. The van der Waals surface area contributed by atoms with E-state index in [2.05, 4.69) is 19.8 Å². The molecule has 0 aliphatic carbocycles. The largest absolute Gasteiger partial charge is 0.389 e. The molecule has 6 rings (SSSR count). The van der Waals surface area contributed by atoms with Gasteiger partial charge in [0.1, 0.15) is 11.6 Å². The van der Waals surface area contributed by atoms with Crippen molar-refractivity contribution in [3.63, 3.8) is 0 Å². The minimum absolute atomic E-state index is 0.195. The van der Waals surface area contributed by atoms with Gasteiger partial charge in [0, 0.05) is 63.0 Å². The van der Waals surface area contributed by atoms with E-state index in [0.29, 0.717) is 30.3 Å². The number of likely N-dealkylation sites (tertiary alicyclic amines) is 1. The highest BCUT2D eigenvalue weighted by molar-refractivity contribution is 7.92. The number of sulfonamides is 1. The number of β-amino-alcohol motifs (C(OH)–C–C–N with tert-alkyl or cyclic N) is 1. The fraction of sp³-hybridized carbons (Fsp3) is 0.500. The van der Waals surface area contributed by atoms with Crippen molar-refractivity contribution in [2.24, 2.45) is 0 Å². The van der Waals surface area contributed by atoms with Crippen molar-refractivity contribution in [1.82, 2.24) is 24.8 Å². The zero-order valence-corrected chi connectivity index (χ0v) is 23.8. The number of aliphatic hydroxyl groups is 1. The van der Waals surface area contributed by atoms with E-state index in [1.807, 2.05) is 16.6 Å². The van der Waals surface area contributed by atoms with E-state index in [4.69, 9.17) is 21.7 Å². The molecule has 2 aromatic heterocycles. The van der Waals surface area contributed by atoms with Crippen molar-refractivity contribution < 1.29 is 18.3 Å². The quantitative estimate of drug-likeness (QED) is 0.393. The average Bonchev–Trinajstić information content (AvgIpc) is 3.35. The molecule has 3 fully saturated rings. The Hall–Kier alpha value is -3.13. The number of carbonyl (C=O) groups excluding carboxylic acids is 1.